The number of fused-ring (bicyclic) bond motifs is 2. The van der Waals surface area contributed by atoms with Gasteiger partial charge in [0.15, 0.2) is 5.65 Å². The summed E-state index contributed by atoms with van der Waals surface area (Å²) >= 11 is 0. The van der Waals surface area contributed by atoms with Gasteiger partial charge in [0, 0.05) is 30.1 Å². The Labute approximate surface area is 208 Å². The third-order valence-corrected chi connectivity index (χ3v) is 6.23. The topological polar surface area (TPSA) is 116 Å². The number of aromatic nitrogens is 5. The second-order valence-electron chi connectivity index (χ2n) is 8.85. The lowest BCUT2D eigenvalue weighted by atomic mass is 10.1. The van der Waals surface area contributed by atoms with Crippen LogP contribution in [-0.4, -0.2) is 62.9 Å². The molecule has 3 aromatic heterocycles. The summed E-state index contributed by atoms with van der Waals surface area (Å²) in [4.78, 5) is 23.8. The zero-order valence-corrected chi connectivity index (χ0v) is 20.7. The minimum absolute atomic E-state index is 0.226. The second-order valence-corrected chi connectivity index (χ2v) is 8.85. The van der Waals surface area contributed by atoms with Crippen LogP contribution in [0, 0.1) is 0 Å². The number of nitrogens with two attached hydrogens (primary N) is 1. The van der Waals surface area contributed by atoms with Crippen LogP contribution in [0.1, 0.15) is 10.5 Å². The quantitative estimate of drug-likeness (QED) is 0.364. The van der Waals surface area contributed by atoms with E-state index in [1.165, 1.54) is 6.33 Å². The van der Waals surface area contributed by atoms with Gasteiger partial charge < -0.3 is 25.3 Å². The number of hydrogen-bond donors (Lipinski definition) is 2. The third-order valence-electron chi connectivity index (χ3n) is 6.23. The Morgan fingerprint density at radius 1 is 1.14 bits per heavy atom. The van der Waals surface area contributed by atoms with Crippen molar-refractivity contribution in [2.75, 3.05) is 38.8 Å². The lowest BCUT2D eigenvalue weighted by Crippen LogP contribution is -2.19. The van der Waals surface area contributed by atoms with E-state index in [2.05, 4.69) is 20.2 Å². The summed E-state index contributed by atoms with van der Waals surface area (Å²) in [6, 6.07) is 15.3. The number of rotatable bonds is 7. The molecule has 0 aliphatic rings. The Hall–Kier alpha value is -4.44. The molecule has 2 aromatic carbocycles. The summed E-state index contributed by atoms with van der Waals surface area (Å²) in [6.45, 7) is 1.44. The molecule has 0 saturated carbocycles. The van der Waals surface area contributed by atoms with Gasteiger partial charge in [-0.15, -0.1) is 0 Å². The molecule has 0 aliphatic carbocycles. The largest absolute Gasteiger partial charge is 0.495 e. The number of benzene rings is 2. The van der Waals surface area contributed by atoms with Gasteiger partial charge >= 0.3 is 0 Å². The van der Waals surface area contributed by atoms with Crippen LogP contribution in [0.5, 0.6) is 5.75 Å². The van der Waals surface area contributed by atoms with E-state index in [1.807, 2.05) is 72.9 Å². The molecule has 0 spiro atoms. The van der Waals surface area contributed by atoms with Crippen molar-refractivity contribution in [2.45, 2.75) is 6.54 Å². The van der Waals surface area contributed by atoms with Crippen molar-refractivity contribution >= 4 is 39.3 Å². The Balaban J connectivity index is 1.50. The van der Waals surface area contributed by atoms with E-state index in [-0.39, 0.29) is 5.91 Å². The van der Waals surface area contributed by atoms with Gasteiger partial charge in [-0.1, -0.05) is 24.3 Å². The highest BCUT2D eigenvalue weighted by atomic mass is 16.5. The molecule has 10 nitrogen and oxygen atoms in total. The van der Waals surface area contributed by atoms with Crippen LogP contribution in [0.25, 0.3) is 33.2 Å². The summed E-state index contributed by atoms with van der Waals surface area (Å²) in [5.74, 6) is 0.639. The Morgan fingerprint density at radius 2 is 1.94 bits per heavy atom. The van der Waals surface area contributed by atoms with Crippen molar-refractivity contribution in [3.8, 4) is 17.0 Å². The normalized spacial score (nSPS) is 11.5. The highest BCUT2D eigenvalue weighted by Crippen LogP contribution is 2.35. The van der Waals surface area contributed by atoms with Crippen LogP contribution < -0.4 is 15.8 Å². The molecular formula is C26H28N8O2. The minimum atomic E-state index is -0.226. The van der Waals surface area contributed by atoms with Crippen LogP contribution in [0.3, 0.4) is 0 Å². The Bertz CT molecular complexity index is 1580. The fourth-order valence-corrected chi connectivity index (χ4v) is 4.32. The van der Waals surface area contributed by atoms with Crippen LogP contribution >= 0.6 is 0 Å². The van der Waals surface area contributed by atoms with Gasteiger partial charge in [-0.2, -0.15) is 5.10 Å². The lowest BCUT2D eigenvalue weighted by Gasteiger charge is -2.12. The van der Waals surface area contributed by atoms with Crippen LogP contribution in [-0.2, 0) is 13.6 Å². The number of likely N-dealkylation sites (N-methyl/N-ethyl adjacent to an activating group) is 1. The number of nitrogens with one attached hydrogen (secondary N) is 1. The third kappa shape index (κ3) is 4.11. The van der Waals surface area contributed by atoms with Gasteiger partial charge in [0.05, 0.1) is 24.7 Å². The number of anilines is 2. The smallest absolute Gasteiger partial charge is 0.272 e. The first-order valence-corrected chi connectivity index (χ1v) is 11.5. The maximum atomic E-state index is 13.1. The van der Waals surface area contributed by atoms with E-state index in [9.17, 15) is 4.79 Å². The summed E-state index contributed by atoms with van der Waals surface area (Å²) in [6.07, 6.45) is 1.45. The minimum Gasteiger partial charge on any atom is -0.495 e. The van der Waals surface area contributed by atoms with Gasteiger partial charge in [-0.3, -0.25) is 4.79 Å². The van der Waals surface area contributed by atoms with E-state index < -0.39 is 0 Å². The first-order chi connectivity index (χ1) is 17.4. The van der Waals surface area contributed by atoms with Gasteiger partial charge in [-0.05, 0) is 38.4 Å². The fraction of sp³-hybridized carbons (Fsp3) is 0.231. The maximum absolute atomic E-state index is 13.1. The average Bonchev–Trinajstić information content (AvgIpc) is 3.42. The number of nitrogens with zero attached hydrogens (tertiary/aromatic N) is 6. The molecule has 0 aliphatic heterocycles. The van der Waals surface area contributed by atoms with Crippen molar-refractivity contribution in [1.29, 1.82) is 0 Å². The molecule has 3 heterocycles. The molecule has 184 valence electrons. The fourth-order valence-electron chi connectivity index (χ4n) is 4.32. The van der Waals surface area contributed by atoms with Crippen LogP contribution in [0.4, 0.5) is 11.5 Å². The van der Waals surface area contributed by atoms with Gasteiger partial charge in [-0.25, -0.2) is 14.6 Å². The first-order valence-electron chi connectivity index (χ1n) is 11.5. The first kappa shape index (κ1) is 23.3. The summed E-state index contributed by atoms with van der Waals surface area (Å²) in [5, 5.41) is 9.47. The summed E-state index contributed by atoms with van der Waals surface area (Å²) in [5.41, 5.74) is 10.4. The number of nitrogen functional groups attached to an aromatic ring is 1. The SMILES string of the molecule is COc1cc(-c2nn(CCN(C)C)c3ncnc(N)c23)ccc1NC(=O)c1cc2ccccc2n1C. The number of hydrogen-bond acceptors (Lipinski definition) is 7. The molecule has 0 saturated heterocycles. The maximum Gasteiger partial charge on any atom is 0.272 e. The standard InChI is InChI=1S/C26H28N8O2/c1-32(2)11-12-34-25-22(24(27)28-15-29-25)23(31-34)17-9-10-18(21(14-17)36-4)30-26(35)20-13-16-7-5-6-8-19(16)33(20)3/h5-10,13-15H,11-12H2,1-4H3,(H,30,35)(H2,27,28,29). The summed E-state index contributed by atoms with van der Waals surface area (Å²) in [7, 11) is 7.45. The number of ether oxygens (including phenoxy) is 1. The monoisotopic (exact) mass is 484 g/mol. The molecular weight excluding hydrogens is 456 g/mol. The zero-order chi connectivity index (χ0) is 25.4. The van der Waals surface area contributed by atoms with Crippen molar-refractivity contribution < 1.29 is 9.53 Å². The van der Waals surface area contributed by atoms with Gasteiger partial charge in [0.1, 0.15) is 29.3 Å². The number of amides is 1. The van der Waals surface area contributed by atoms with Crippen LogP contribution in [0.2, 0.25) is 0 Å². The molecule has 10 heteroatoms. The van der Waals surface area contributed by atoms with Crippen molar-refractivity contribution in [3.63, 3.8) is 0 Å². The highest BCUT2D eigenvalue weighted by molar-refractivity contribution is 6.07. The van der Waals surface area contributed by atoms with E-state index in [0.29, 0.717) is 46.2 Å². The number of aryl methyl sites for hydroxylation is 1. The lowest BCUT2D eigenvalue weighted by molar-refractivity contribution is 0.101. The predicted octanol–water partition coefficient (Wildman–Crippen LogP) is 3.39. The second kappa shape index (κ2) is 9.31. The molecule has 0 bridgehead atoms. The number of carbonyl (C=O) groups excluding carboxylic acids is 1. The molecule has 0 radical (unpaired) electrons. The molecule has 3 N–H and O–H groups in total. The molecule has 36 heavy (non-hydrogen) atoms. The van der Waals surface area contributed by atoms with Crippen molar-refractivity contribution in [2.24, 2.45) is 7.05 Å². The number of para-hydroxylation sites is 1. The molecule has 5 rings (SSSR count). The Morgan fingerprint density at radius 3 is 2.69 bits per heavy atom. The molecule has 1 amide bonds. The number of methoxy groups -OCH3 is 1. The van der Waals surface area contributed by atoms with E-state index in [4.69, 9.17) is 15.6 Å². The molecule has 0 unspecified atom stereocenters. The molecule has 5 aromatic rings. The Kier molecular flexibility index (Phi) is 6.03. The van der Waals surface area contributed by atoms with Gasteiger partial charge in [0.25, 0.3) is 5.91 Å². The summed E-state index contributed by atoms with van der Waals surface area (Å²) < 4.78 is 9.35. The number of carbonyl (C=O) groups is 1. The van der Waals surface area contributed by atoms with E-state index in [1.54, 1.807) is 13.2 Å². The zero-order valence-electron chi connectivity index (χ0n) is 20.7. The predicted molar refractivity (Wildman–Crippen MR) is 141 cm³/mol. The van der Waals surface area contributed by atoms with Crippen LogP contribution in [0.15, 0.2) is 54.9 Å². The van der Waals surface area contributed by atoms with Crippen molar-refractivity contribution in [3.05, 3.63) is 60.6 Å². The molecule has 0 atom stereocenters. The average molecular weight is 485 g/mol. The van der Waals surface area contributed by atoms with Crippen molar-refractivity contribution in [1.82, 2.24) is 29.2 Å². The van der Waals surface area contributed by atoms with Gasteiger partial charge in [0.2, 0.25) is 0 Å². The molecule has 0 fully saturated rings. The highest BCUT2D eigenvalue weighted by Gasteiger charge is 2.20. The van der Waals surface area contributed by atoms with E-state index in [0.717, 1.165) is 23.0 Å². The van der Waals surface area contributed by atoms with E-state index >= 15 is 0 Å².